The molecule has 0 fully saturated rings. The maximum Gasteiger partial charge on any atom is 0.338 e. The van der Waals surface area contributed by atoms with E-state index in [-0.39, 0.29) is 30.1 Å². The van der Waals surface area contributed by atoms with Crippen LogP contribution < -0.4 is 15.4 Å². The standard InChI is InChI=1S/C19H25N3O7/c1-4-7-8-12-15(18(24)29-6-3)16(21-19(25)20-12)11-9-13(22(26)27)17(23)14(10-11)28-5-2/h9-10,16,23H,4-8H2,1-3H3,(H2,20,21,25). The Kier molecular flexibility index (Phi) is 7.40. The van der Waals surface area contributed by atoms with Gasteiger partial charge in [-0.15, -0.1) is 0 Å². The molecule has 1 aromatic rings. The number of ether oxygens (including phenoxy) is 2. The van der Waals surface area contributed by atoms with Gasteiger partial charge in [-0.25, -0.2) is 9.59 Å². The number of hydrogen-bond donors (Lipinski definition) is 3. The van der Waals surface area contributed by atoms with Crippen LogP contribution in [0.15, 0.2) is 23.4 Å². The quantitative estimate of drug-likeness (QED) is 0.325. The van der Waals surface area contributed by atoms with Crippen LogP contribution in [-0.4, -0.2) is 35.2 Å². The Hall–Kier alpha value is -3.30. The van der Waals surface area contributed by atoms with Crippen molar-refractivity contribution >= 4 is 17.7 Å². The van der Waals surface area contributed by atoms with E-state index in [9.17, 15) is 24.8 Å². The summed E-state index contributed by atoms with van der Waals surface area (Å²) in [5, 5.41) is 26.8. The second-order valence-electron chi connectivity index (χ2n) is 6.32. The van der Waals surface area contributed by atoms with Crippen LogP contribution in [0.3, 0.4) is 0 Å². The summed E-state index contributed by atoms with van der Waals surface area (Å²) in [6.45, 7) is 5.59. The Morgan fingerprint density at radius 3 is 2.59 bits per heavy atom. The van der Waals surface area contributed by atoms with Crippen molar-refractivity contribution in [2.24, 2.45) is 0 Å². The molecule has 0 radical (unpaired) electrons. The predicted molar refractivity (Wildman–Crippen MR) is 104 cm³/mol. The number of benzene rings is 1. The van der Waals surface area contributed by atoms with Gasteiger partial charge >= 0.3 is 17.7 Å². The van der Waals surface area contributed by atoms with Gasteiger partial charge < -0.3 is 25.2 Å². The molecule has 0 saturated heterocycles. The first-order valence-corrected chi connectivity index (χ1v) is 9.45. The number of aromatic hydroxyl groups is 1. The van der Waals surface area contributed by atoms with Crippen LogP contribution in [0.5, 0.6) is 11.5 Å². The van der Waals surface area contributed by atoms with Crippen LogP contribution in [0.2, 0.25) is 0 Å². The van der Waals surface area contributed by atoms with E-state index in [2.05, 4.69) is 10.6 Å². The average molecular weight is 407 g/mol. The summed E-state index contributed by atoms with van der Waals surface area (Å²) >= 11 is 0. The Morgan fingerprint density at radius 1 is 1.28 bits per heavy atom. The number of hydrogen-bond acceptors (Lipinski definition) is 7. The Bertz CT molecular complexity index is 835. The number of allylic oxidation sites excluding steroid dienone is 1. The SMILES string of the molecule is CCCCC1=C(C(=O)OCC)C(c2cc(OCC)c(O)c([N+](=O)[O-])c2)NC(=O)N1. The molecule has 2 rings (SSSR count). The summed E-state index contributed by atoms with van der Waals surface area (Å²) in [6, 6.07) is 0.958. The van der Waals surface area contributed by atoms with E-state index < -0.39 is 34.4 Å². The Balaban J connectivity index is 2.66. The summed E-state index contributed by atoms with van der Waals surface area (Å²) < 4.78 is 10.5. The molecule has 2 amide bonds. The summed E-state index contributed by atoms with van der Waals surface area (Å²) in [5.74, 6) is -1.36. The fourth-order valence-electron chi connectivity index (χ4n) is 3.05. The van der Waals surface area contributed by atoms with Gasteiger partial charge in [0.1, 0.15) is 0 Å². The molecule has 0 aliphatic carbocycles. The number of nitro groups is 1. The zero-order valence-electron chi connectivity index (χ0n) is 16.6. The number of phenolic OH excluding ortho intramolecular Hbond substituents is 1. The maximum absolute atomic E-state index is 12.7. The first-order valence-electron chi connectivity index (χ1n) is 9.45. The largest absolute Gasteiger partial charge is 0.500 e. The van der Waals surface area contributed by atoms with Crippen molar-refractivity contribution in [3.05, 3.63) is 39.1 Å². The fourth-order valence-corrected chi connectivity index (χ4v) is 3.05. The van der Waals surface area contributed by atoms with Crippen LogP contribution in [-0.2, 0) is 9.53 Å². The number of nitro benzene ring substituents is 1. The number of rotatable bonds is 9. The Labute approximate surface area is 168 Å². The smallest absolute Gasteiger partial charge is 0.338 e. The van der Waals surface area contributed by atoms with Crippen molar-refractivity contribution in [3.8, 4) is 11.5 Å². The summed E-state index contributed by atoms with van der Waals surface area (Å²) in [4.78, 5) is 35.5. The van der Waals surface area contributed by atoms with E-state index in [1.54, 1.807) is 13.8 Å². The van der Waals surface area contributed by atoms with Crippen LogP contribution in [0, 0.1) is 10.1 Å². The van der Waals surface area contributed by atoms with Gasteiger partial charge in [0.25, 0.3) is 0 Å². The number of amides is 2. The average Bonchev–Trinajstić information content (AvgIpc) is 2.67. The lowest BCUT2D eigenvalue weighted by Crippen LogP contribution is -2.46. The van der Waals surface area contributed by atoms with Crippen molar-refractivity contribution in [2.45, 2.75) is 46.1 Å². The minimum Gasteiger partial charge on any atom is -0.500 e. The number of urea groups is 1. The van der Waals surface area contributed by atoms with Crippen LogP contribution >= 0.6 is 0 Å². The van der Waals surface area contributed by atoms with Gasteiger partial charge in [0, 0.05) is 11.8 Å². The third-order valence-corrected chi connectivity index (χ3v) is 4.34. The summed E-state index contributed by atoms with van der Waals surface area (Å²) in [6.07, 6.45) is 2.00. The molecular weight excluding hydrogens is 382 g/mol. The van der Waals surface area contributed by atoms with Crippen molar-refractivity contribution in [1.29, 1.82) is 0 Å². The van der Waals surface area contributed by atoms with Crippen molar-refractivity contribution < 1.29 is 29.1 Å². The minimum atomic E-state index is -0.992. The summed E-state index contributed by atoms with van der Waals surface area (Å²) in [7, 11) is 0. The van der Waals surface area contributed by atoms with Gasteiger partial charge in [0.2, 0.25) is 5.75 Å². The zero-order valence-corrected chi connectivity index (χ0v) is 16.6. The molecular formula is C19H25N3O7. The molecule has 1 heterocycles. The van der Waals surface area contributed by atoms with E-state index in [1.165, 1.54) is 6.07 Å². The lowest BCUT2D eigenvalue weighted by molar-refractivity contribution is -0.386. The van der Waals surface area contributed by atoms with Crippen LogP contribution in [0.4, 0.5) is 10.5 Å². The molecule has 0 spiro atoms. The first kappa shape index (κ1) is 22.0. The highest BCUT2D eigenvalue weighted by Crippen LogP contribution is 2.41. The third kappa shape index (κ3) is 4.95. The van der Waals surface area contributed by atoms with Crippen LogP contribution in [0.25, 0.3) is 0 Å². The topological polar surface area (TPSA) is 140 Å². The molecule has 29 heavy (non-hydrogen) atoms. The third-order valence-electron chi connectivity index (χ3n) is 4.34. The number of nitrogens with one attached hydrogen (secondary N) is 2. The molecule has 0 saturated carbocycles. The van der Waals surface area contributed by atoms with E-state index in [0.717, 1.165) is 18.9 Å². The fraction of sp³-hybridized carbons (Fsp3) is 0.474. The molecule has 158 valence electrons. The number of carbonyl (C=O) groups is 2. The molecule has 10 heteroatoms. The van der Waals surface area contributed by atoms with Gasteiger partial charge in [-0.05, 0) is 38.3 Å². The highest BCUT2D eigenvalue weighted by atomic mass is 16.6. The molecule has 1 unspecified atom stereocenters. The number of unbranched alkanes of at least 4 members (excludes halogenated alkanes) is 1. The number of esters is 1. The first-order chi connectivity index (χ1) is 13.8. The number of carbonyl (C=O) groups excluding carboxylic acids is 2. The maximum atomic E-state index is 12.7. The van der Waals surface area contributed by atoms with Crippen molar-refractivity contribution in [3.63, 3.8) is 0 Å². The van der Waals surface area contributed by atoms with E-state index in [1.807, 2.05) is 6.92 Å². The Morgan fingerprint density at radius 2 is 2.00 bits per heavy atom. The highest BCUT2D eigenvalue weighted by molar-refractivity contribution is 5.95. The minimum absolute atomic E-state index is 0.109. The molecule has 10 nitrogen and oxygen atoms in total. The summed E-state index contributed by atoms with van der Waals surface area (Å²) in [5.41, 5.74) is 0.219. The van der Waals surface area contributed by atoms with Crippen molar-refractivity contribution in [1.82, 2.24) is 10.6 Å². The molecule has 0 aromatic heterocycles. The second kappa shape index (κ2) is 9.76. The normalized spacial score (nSPS) is 16.1. The van der Waals surface area contributed by atoms with Gasteiger partial charge in [-0.1, -0.05) is 13.3 Å². The molecule has 1 aliphatic heterocycles. The number of nitrogens with zero attached hydrogens (tertiary/aromatic N) is 1. The van der Waals surface area contributed by atoms with Crippen LogP contribution in [0.1, 0.15) is 51.6 Å². The van der Waals surface area contributed by atoms with E-state index >= 15 is 0 Å². The van der Waals surface area contributed by atoms with Gasteiger partial charge in [-0.2, -0.15) is 0 Å². The molecule has 1 aromatic carbocycles. The molecule has 0 bridgehead atoms. The van der Waals surface area contributed by atoms with Gasteiger partial charge in [0.15, 0.2) is 5.75 Å². The predicted octanol–water partition coefficient (Wildman–Crippen LogP) is 3.06. The van der Waals surface area contributed by atoms with E-state index in [4.69, 9.17) is 9.47 Å². The van der Waals surface area contributed by atoms with Gasteiger partial charge in [-0.3, -0.25) is 10.1 Å². The van der Waals surface area contributed by atoms with Crippen molar-refractivity contribution in [2.75, 3.05) is 13.2 Å². The lowest BCUT2D eigenvalue weighted by Gasteiger charge is -2.29. The molecule has 1 atom stereocenters. The highest BCUT2D eigenvalue weighted by Gasteiger charge is 2.35. The van der Waals surface area contributed by atoms with Gasteiger partial charge in [0.05, 0.1) is 29.8 Å². The monoisotopic (exact) mass is 407 g/mol. The zero-order chi connectivity index (χ0) is 21.6. The number of phenols is 1. The second-order valence-corrected chi connectivity index (χ2v) is 6.32. The lowest BCUT2D eigenvalue weighted by atomic mass is 9.93. The van der Waals surface area contributed by atoms with E-state index in [0.29, 0.717) is 12.1 Å². The molecule has 3 N–H and O–H groups in total. The molecule has 1 aliphatic rings.